The highest BCUT2D eigenvalue weighted by Gasteiger charge is 2.27. The van der Waals surface area contributed by atoms with Gasteiger partial charge in [-0.3, -0.25) is 9.59 Å². The van der Waals surface area contributed by atoms with Gasteiger partial charge in [-0.2, -0.15) is 0 Å². The van der Waals surface area contributed by atoms with E-state index in [-0.39, 0.29) is 23.4 Å². The van der Waals surface area contributed by atoms with Crippen LogP contribution in [0.2, 0.25) is 0 Å². The number of aryl methyl sites for hydroxylation is 1. The molecule has 0 aliphatic carbocycles. The van der Waals surface area contributed by atoms with Crippen molar-refractivity contribution in [2.24, 2.45) is 5.92 Å². The summed E-state index contributed by atoms with van der Waals surface area (Å²) >= 11 is 0. The monoisotopic (exact) mass is 459 g/mol. The lowest BCUT2D eigenvalue weighted by Crippen LogP contribution is -2.42. The molecule has 1 saturated heterocycles. The SMILES string of the molecule is Cc1cccc(N(CCN2CCC(C(=O)c3ccc(F)cc3)CC2)C(=O)c2ccc(N)cc2)c1. The van der Waals surface area contributed by atoms with Crippen LogP contribution in [0.25, 0.3) is 0 Å². The molecule has 34 heavy (non-hydrogen) atoms. The minimum atomic E-state index is -0.335. The molecule has 3 aromatic rings. The van der Waals surface area contributed by atoms with Crippen molar-refractivity contribution >= 4 is 23.1 Å². The number of ketones is 1. The molecule has 0 spiro atoms. The van der Waals surface area contributed by atoms with Gasteiger partial charge in [0, 0.05) is 41.5 Å². The molecular weight excluding hydrogens is 429 g/mol. The van der Waals surface area contributed by atoms with Gasteiger partial charge in [0.05, 0.1) is 0 Å². The smallest absolute Gasteiger partial charge is 0.258 e. The average Bonchev–Trinajstić information content (AvgIpc) is 2.85. The number of carbonyl (C=O) groups excluding carboxylic acids is 2. The van der Waals surface area contributed by atoms with E-state index in [0.29, 0.717) is 29.9 Å². The van der Waals surface area contributed by atoms with Crippen molar-refractivity contribution in [1.82, 2.24) is 4.90 Å². The number of hydrogen-bond acceptors (Lipinski definition) is 4. The standard InChI is InChI=1S/C28H30FN3O2/c1-20-3-2-4-26(19-20)32(28(34)23-7-11-25(30)12-8-23)18-17-31-15-13-22(14-16-31)27(33)21-5-9-24(29)10-6-21/h2-12,19,22H,13-18,30H2,1H3. The molecular formula is C28H30FN3O2. The van der Waals surface area contributed by atoms with Gasteiger partial charge >= 0.3 is 0 Å². The zero-order chi connectivity index (χ0) is 24.1. The number of benzene rings is 3. The van der Waals surface area contributed by atoms with Gasteiger partial charge in [0.25, 0.3) is 5.91 Å². The summed E-state index contributed by atoms with van der Waals surface area (Å²) in [5.74, 6) is -0.365. The van der Waals surface area contributed by atoms with Crippen molar-refractivity contribution in [3.8, 4) is 0 Å². The first-order valence-corrected chi connectivity index (χ1v) is 11.7. The fourth-order valence-electron chi connectivity index (χ4n) is 4.44. The maximum atomic E-state index is 13.4. The number of carbonyl (C=O) groups is 2. The molecule has 0 bridgehead atoms. The van der Waals surface area contributed by atoms with Gasteiger partial charge in [-0.25, -0.2) is 4.39 Å². The molecule has 2 N–H and O–H groups in total. The molecule has 1 heterocycles. The maximum Gasteiger partial charge on any atom is 0.258 e. The number of amides is 1. The summed E-state index contributed by atoms with van der Waals surface area (Å²) in [6.45, 7) is 4.85. The van der Waals surface area contributed by atoms with E-state index < -0.39 is 0 Å². The maximum absolute atomic E-state index is 13.4. The van der Waals surface area contributed by atoms with Crippen LogP contribution in [0.3, 0.4) is 0 Å². The number of rotatable bonds is 7. The molecule has 4 rings (SSSR count). The Labute approximate surface area is 200 Å². The van der Waals surface area contributed by atoms with Crippen LogP contribution in [0.15, 0.2) is 72.8 Å². The summed E-state index contributed by atoms with van der Waals surface area (Å²) in [7, 11) is 0. The lowest BCUT2D eigenvalue weighted by atomic mass is 9.89. The van der Waals surface area contributed by atoms with Crippen molar-refractivity contribution in [2.45, 2.75) is 19.8 Å². The van der Waals surface area contributed by atoms with E-state index in [1.165, 1.54) is 12.1 Å². The van der Waals surface area contributed by atoms with Gasteiger partial charge in [-0.1, -0.05) is 12.1 Å². The number of hydrogen-bond donors (Lipinski definition) is 1. The number of Topliss-reactive ketones (excluding diaryl/α,β-unsaturated/α-hetero) is 1. The summed E-state index contributed by atoms with van der Waals surface area (Å²) in [6.07, 6.45) is 1.51. The minimum absolute atomic E-state index is 0.0500. The molecule has 1 fully saturated rings. The topological polar surface area (TPSA) is 66.6 Å². The average molecular weight is 460 g/mol. The predicted molar refractivity (Wildman–Crippen MR) is 134 cm³/mol. The summed E-state index contributed by atoms with van der Waals surface area (Å²) < 4.78 is 13.2. The lowest BCUT2D eigenvalue weighted by Gasteiger charge is -2.33. The highest BCUT2D eigenvalue weighted by molar-refractivity contribution is 6.06. The molecule has 0 radical (unpaired) electrons. The van der Waals surface area contributed by atoms with E-state index in [1.807, 2.05) is 36.1 Å². The zero-order valence-electron chi connectivity index (χ0n) is 19.4. The molecule has 3 aromatic carbocycles. The van der Waals surface area contributed by atoms with E-state index in [4.69, 9.17) is 5.73 Å². The Balaban J connectivity index is 1.40. The van der Waals surface area contributed by atoms with E-state index in [1.54, 1.807) is 36.4 Å². The summed E-state index contributed by atoms with van der Waals surface area (Å²) in [5, 5.41) is 0. The Hall–Kier alpha value is -3.51. The van der Waals surface area contributed by atoms with Crippen LogP contribution in [0, 0.1) is 18.7 Å². The predicted octanol–water partition coefficient (Wildman–Crippen LogP) is 4.96. The third kappa shape index (κ3) is 5.69. The van der Waals surface area contributed by atoms with Crippen LogP contribution >= 0.6 is 0 Å². The van der Waals surface area contributed by atoms with Crippen LogP contribution in [0.5, 0.6) is 0 Å². The number of nitrogen functional groups attached to an aromatic ring is 1. The van der Waals surface area contributed by atoms with Gasteiger partial charge in [0.15, 0.2) is 5.78 Å². The Bertz CT molecular complexity index is 1140. The van der Waals surface area contributed by atoms with Gasteiger partial charge in [0.1, 0.15) is 5.82 Å². The van der Waals surface area contributed by atoms with Gasteiger partial charge < -0.3 is 15.5 Å². The Morgan fingerprint density at radius 2 is 1.62 bits per heavy atom. The second-order valence-corrected chi connectivity index (χ2v) is 8.90. The zero-order valence-corrected chi connectivity index (χ0v) is 19.4. The van der Waals surface area contributed by atoms with E-state index >= 15 is 0 Å². The fraction of sp³-hybridized carbons (Fsp3) is 0.286. The number of likely N-dealkylation sites (tertiary alicyclic amines) is 1. The van der Waals surface area contributed by atoms with Crippen molar-refractivity contribution in [1.29, 1.82) is 0 Å². The second-order valence-electron chi connectivity index (χ2n) is 8.90. The lowest BCUT2D eigenvalue weighted by molar-refractivity contribution is 0.0841. The van der Waals surface area contributed by atoms with Gasteiger partial charge in [0.2, 0.25) is 0 Å². The van der Waals surface area contributed by atoms with Crippen molar-refractivity contribution in [2.75, 3.05) is 36.8 Å². The van der Waals surface area contributed by atoms with Crippen LogP contribution in [0.4, 0.5) is 15.8 Å². The fourth-order valence-corrected chi connectivity index (χ4v) is 4.44. The minimum Gasteiger partial charge on any atom is -0.399 e. The molecule has 0 aromatic heterocycles. The van der Waals surface area contributed by atoms with Gasteiger partial charge in [-0.05, 0) is 99.1 Å². The first-order valence-electron chi connectivity index (χ1n) is 11.7. The van der Waals surface area contributed by atoms with E-state index in [9.17, 15) is 14.0 Å². The molecule has 1 aliphatic heterocycles. The van der Waals surface area contributed by atoms with Crippen molar-refractivity contribution in [3.63, 3.8) is 0 Å². The Morgan fingerprint density at radius 1 is 0.971 bits per heavy atom. The molecule has 0 atom stereocenters. The van der Waals surface area contributed by atoms with Gasteiger partial charge in [-0.15, -0.1) is 0 Å². The van der Waals surface area contributed by atoms with Crippen LogP contribution < -0.4 is 10.6 Å². The third-order valence-electron chi connectivity index (χ3n) is 6.44. The number of nitrogens with two attached hydrogens (primary N) is 1. The summed E-state index contributed by atoms with van der Waals surface area (Å²) in [5.41, 5.74) is 9.54. The summed E-state index contributed by atoms with van der Waals surface area (Å²) in [6, 6.07) is 20.7. The van der Waals surface area contributed by atoms with E-state index in [0.717, 1.165) is 37.2 Å². The molecule has 0 unspecified atom stereocenters. The van der Waals surface area contributed by atoms with E-state index in [2.05, 4.69) is 4.90 Å². The largest absolute Gasteiger partial charge is 0.399 e. The molecule has 1 amide bonds. The quantitative estimate of drug-likeness (QED) is 0.401. The van der Waals surface area contributed by atoms with Crippen molar-refractivity contribution < 1.29 is 14.0 Å². The number of anilines is 2. The summed E-state index contributed by atoms with van der Waals surface area (Å²) in [4.78, 5) is 30.2. The highest BCUT2D eigenvalue weighted by Crippen LogP contribution is 2.23. The van der Waals surface area contributed by atoms with Crippen LogP contribution in [-0.2, 0) is 0 Å². The molecule has 176 valence electrons. The Morgan fingerprint density at radius 3 is 2.26 bits per heavy atom. The number of piperidine rings is 1. The highest BCUT2D eigenvalue weighted by atomic mass is 19.1. The third-order valence-corrected chi connectivity index (χ3v) is 6.44. The number of halogens is 1. The first-order chi connectivity index (χ1) is 16.4. The first kappa shape index (κ1) is 23.6. The Kier molecular flexibility index (Phi) is 7.38. The van der Waals surface area contributed by atoms with Crippen molar-refractivity contribution in [3.05, 3.63) is 95.3 Å². The normalized spacial score (nSPS) is 14.6. The molecule has 6 heteroatoms. The molecule has 0 saturated carbocycles. The molecule has 1 aliphatic rings. The second kappa shape index (κ2) is 10.6. The van der Waals surface area contributed by atoms with Crippen LogP contribution in [-0.4, -0.2) is 42.8 Å². The molecule has 5 nitrogen and oxygen atoms in total. The number of nitrogens with zero attached hydrogens (tertiary/aromatic N) is 2. The van der Waals surface area contributed by atoms with Crippen LogP contribution in [0.1, 0.15) is 39.1 Å².